The topological polar surface area (TPSA) is 49.3 Å². The molecule has 2 rings (SSSR count). The molecule has 0 aliphatic heterocycles. The summed E-state index contributed by atoms with van der Waals surface area (Å²) in [4.78, 5) is 12.4. The van der Waals surface area contributed by atoms with Crippen LogP contribution in [0.2, 0.25) is 5.02 Å². The Kier molecular flexibility index (Phi) is 5.10. The van der Waals surface area contributed by atoms with Gasteiger partial charge in [0.05, 0.1) is 17.2 Å². The highest BCUT2D eigenvalue weighted by molar-refractivity contribution is 9.10. The SMILES string of the molecule is CC1CCCC(CO)(NC(=O)c2ccc(Br)c(Cl)c2)C1. The Labute approximate surface area is 132 Å². The second kappa shape index (κ2) is 6.46. The Balaban J connectivity index is 2.14. The molecule has 2 atom stereocenters. The van der Waals surface area contributed by atoms with Crippen LogP contribution in [0.1, 0.15) is 43.0 Å². The summed E-state index contributed by atoms with van der Waals surface area (Å²) in [5.74, 6) is 0.340. The number of rotatable bonds is 3. The first-order valence-corrected chi connectivity index (χ1v) is 8.01. The smallest absolute Gasteiger partial charge is 0.251 e. The van der Waals surface area contributed by atoms with Gasteiger partial charge < -0.3 is 10.4 Å². The molecule has 5 heteroatoms. The van der Waals surface area contributed by atoms with Crippen LogP contribution in [0.25, 0.3) is 0 Å². The Morgan fingerprint density at radius 3 is 2.95 bits per heavy atom. The number of aliphatic hydroxyl groups is 1. The van der Waals surface area contributed by atoms with Crippen molar-refractivity contribution in [3.05, 3.63) is 33.3 Å². The molecular weight excluding hydrogens is 342 g/mol. The van der Waals surface area contributed by atoms with Crippen LogP contribution < -0.4 is 5.32 Å². The number of nitrogens with one attached hydrogen (secondary N) is 1. The third-order valence-electron chi connectivity index (χ3n) is 3.95. The first kappa shape index (κ1) is 15.8. The fourth-order valence-electron chi connectivity index (χ4n) is 2.91. The Hall–Kier alpha value is -0.580. The molecule has 0 saturated heterocycles. The molecule has 1 amide bonds. The number of halogens is 2. The fraction of sp³-hybridized carbons (Fsp3) is 0.533. The number of hydrogen-bond acceptors (Lipinski definition) is 2. The number of benzene rings is 1. The van der Waals surface area contributed by atoms with Crippen LogP contribution in [0.3, 0.4) is 0 Å². The number of aliphatic hydroxyl groups excluding tert-OH is 1. The zero-order valence-electron chi connectivity index (χ0n) is 11.5. The summed E-state index contributed by atoms with van der Waals surface area (Å²) < 4.78 is 0.763. The zero-order valence-corrected chi connectivity index (χ0v) is 13.8. The average molecular weight is 361 g/mol. The minimum atomic E-state index is -0.492. The summed E-state index contributed by atoms with van der Waals surface area (Å²) in [6, 6.07) is 5.12. The van der Waals surface area contributed by atoms with Gasteiger partial charge in [-0.2, -0.15) is 0 Å². The van der Waals surface area contributed by atoms with Crippen LogP contribution in [-0.2, 0) is 0 Å². The molecule has 1 aromatic carbocycles. The van der Waals surface area contributed by atoms with Gasteiger partial charge in [-0.25, -0.2) is 0 Å². The van der Waals surface area contributed by atoms with Crippen LogP contribution in [-0.4, -0.2) is 23.2 Å². The van der Waals surface area contributed by atoms with Gasteiger partial charge in [0.25, 0.3) is 5.91 Å². The third-order valence-corrected chi connectivity index (χ3v) is 5.19. The third kappa shape index (κ3) is 3.54. The lowest BCUT2D eigenvalue weighted by Gasteiger charge is -2.39. The molecule has 0 spiro atoms. The van der Waals surface area contributed by atoms with Gasteiger partial charge in [-0.05, 0) is 52.9 Å². The van der Waals surface area contributed by atoms with Crippen LogP contribution >= 0.6 is 27.5 Å². The van der Waals surface area contributed by atoms with Crippen molar-refractivity contribution in [3.8, 4) is 0 Å². The standard InChI is InChI=1S/C15H19BrClNO2/c1-10-3-2-6-15(8-10,9-19)18-14(20)11-4-5-12(16)13(17)7-11/h4-5,7,10,19H,2-3,6,8-9H2,1H3,(H,18,20). The van der Waals surface area contributed by atoms with Crippen molar-refractivity contribution in [1.29, 1.82) is 0 Å². The first-order valence-electron chi connectivity index (χ1n) is 6.84. The summed E-state index contributed by atoms with van der Waals surface area (Å²) in [7, 11) is 0. The maximum atomic E-state index is 12.4. The van der Waals surface area contributed by atoms with E-state index in [1.165, 1.54) is 0 Å². The Morgan fingerprint density at radius 2 is 2.35 bits per heavy atom. The van der Waals surface area contributed by atoms with E-state index in [1.54, 1.807) is 18.2 Å². The van der Waals surface area contributed by atoms with Crippen LogP contribution in [0.4, 0.5) is 0 Å². The second-order valence-corrected chi connectivity index (χ2v) is 6.98. The van der Waals surface area contributed by atoms with Crippen molar-refractivity contribution in [2.45, 2.75) is 38.1 Å². The maximum absolute atomic E-state index is 12.4. The highest BCUT2D eigenvalue weighted by Crippen LogP contribution is 2.32. The molecule has 1 aliphatic rings. The van der Waals surface area contributed by atoms with Crippen molar-refractivity contribution in [3.63, 3.8) is 0 Å². The summed E-state index contributed by atoms with van der Waals surface area (Å²) >= 11 is 9.32. The molecular formula is C15H19BrClNO2. The molecule has 3 nitrogen and oxygen atoms in total. The Bertz CT molecular complexity index is 509. The van der Waals surface area contributed by atoms with Crippen molar-refractivity contribution in [2.75, 3.05) is 6.61 Å². The molecule has 2 unspecified atom stereocenters. The van der Waals surface area contributed by atoms with Crippen molar-refractivity contribution in [2.24, 2.45) is 5.92 Å². The van der Waals surface area contributed by atoms with E-state index < -0.39 is 5.54 Å². The predicted molar refractivity (Wildman–Crippen MR) is 84.1 cm³/mol. The zero-order chi connectivity index (χ0) is 14.8. The van der Waals surface area contributed by atoms with Crippen molar-refractivity contribution >= 4 is 33.4 Å². The van der Waals surface area contributed by atoms with E-state index in [2.05, 4.69) is 28.2 Å². The minimum Gasteiger partial charge on any atom is -0.394 e. The van der Waals surface area contributed by atoms with E-state index in [4.69, 9.17) is 11.6 Å². The van der Waals surface area contributed by atoms with Crippen molar-refractivity contribution in [1.82, 2.24) is 5.32 Å². The highest BCUT2D eigenvalue weighted by Gasteiger charge is 2.35. The lowest BCUT2D eigenvalue weighted by Crippen LogP contribution is -2.53. The molecule has 0 radical (unpaired) electrons. The molecule has 2 N–H and O–H groups in total. The van der Waals surface area contributed by atoms with E-state index in [0.717, 1.165) is 30.2 Å². The monoisotopic (exact) mass is 359 g/mol. The summed E-state index contributed by atoms with van der Waals surface area (Å²) in [5, 5.41) is 13.2. The summed E-state index contributed by atoms with van der Waals surface area (Å²) in [6.45, 7) is 2.14. The van der Waals surface area contributed by atoms with E-state index in [9.17, 15) is 9.90 Å². The largest absolute Gasteiger partial charge is 0.394 e. The van der Waals surface area contributed by atoms with Crippen LogP contribution in [0, 0.1) is 5.92 Å². The van der Waals surface area contributed by atoms with Crippen LogP contribution in [0.15, 0.2) is 22.7 Å². The van der Waals surface area contributed by atoms with Gasteiger partial charge in [0.15, 0.2) is 0 Å². The number of amides is 1. The minimum absolute atomic E-state index is 0.0205. The van der Waals surface area contributed by atoms with Gasteiger partial charge in [-0.15, -0.1) is 0 Å². The second-order valence-electron chi connectivity index (χ2n) is 5.72. The van der Waals surface area contributed by atoms with Crippen molar-refractivity contribution < 1.29 is 9.90 Å². The van der Waals surface area contributed by atoms with Gasteiger partial charge in [0, 0.05) is 10.0 Å². The fourth-order valence-corrected chi connectivity index (χ4v) is 3.33. The molecule has 0 aromatic heterocycles. The van der Waals surface area contributed by atoms with Gasteiger partial charge in [-0.1, -0.05) is 31.4 Å². The first-order chi connectivity index (χ1) is 9.46. The number of carbonyl (C=O) groups is 1. The van der Waals surface area contributed by atoms with E-state index in [0.29, 0.717) is 16.5 Å². The molecule has 1 aromatic rings. The highest BCUT2D eigenvalue weighted by atomic mass is 79.9. The predicted octanol–water partition coefficient (Wildman–Crippen LogP) is 3.77. The van der Waals surface area contributed by atoms with E-state index in [1.807, 2.05) is 0 Å². The molecule has 1 fully saturated rings. The number of hydrogen-bond donors (Lipinski definition) is 2. The summed E-state index contributed by atoms with van der Waals surface area (Å²) in [6.07, 6.45) is 3.83. The lowest BCUT2D eigenvalue weighted by atomic mass is 9.76. The Morgan fingerprint density at radius 1 is 1.60 bits per heavy atom. The molecule has 0 bridgehead atoms. The van der Waals surface area contributed by atoms with Gasteiger partial charge in [-0.3, -0.25) is 4.79 Å². The average Bonchev–Trinajstić information content (AvgIpc) is 2.41. The molecule has 1 saturated carbocycles. The van der Waals surface area contributed by atoms with Gasteiger partial charge >= 0.3 is 0 Å². The molecule has 1 aliphatic carbocycles. The molecule has 110 valence electrons. The maximum Gasteiger partial charge on any atom is 0.251 e. The van der Waals surface area contributed by atoms with Gasteiger partial charge in [0.2, 0.25) is 0 Å². The normalized spacial score (nSPS) is 26.3. The quantitative estimate of drug-likeness (QED) is 0.862. The van der Waals surface area contributed by atoms with E-state index in [-0.39, 0.29) is 12.5 Å². The summed E-state index contributed by atoms with van der Waals surface area (Å²) in [5.41, 5.74) is 0.0261. The van der Waals surface area contributed by atoms with E-state index >= 15 is 0 Å². The van der Waals surface area contributed by atoms with Gasteiger partial charge in [0.1, 0.15) is 0 Å². The number of carbonyl (C=O) groups excluding carboxylic acids is 1. The lowest BCUT2D eigenvalue weighted by molar-refractivity contribution is 0.0697. The molecule has 0 heterocycles. The van der Waals surface area contributed by atoms with Crippen LogP contribution in [0.5, 0.6) is 0 Å². The molecule has 20 heavy (non-hydrogen) atoms.